The van der Waals surface area contributed by atoms with Crippen LogP contribution in [0, 0.1) is 28.6 Å². The lowest BCUT2D eigenvalue weighted by molar-refractivity contribution is 0.0334. The third-order valence-electron chi connectivity index (χ3n) is 5.66. The number of fused-ring (bicyclic) bond motifs is 1. The molecule has 84 valence electrons. The highest BCUT2D eigenvalue weighted by Gasteiger charge is 2.79. The zero-order valence-corrected chi connectivity index (χ0v) is 10.4. The van der Waals surface area contributed by atoms with Crippen molar-refractivity contribution >= 4 is 0 Å². The van der Waals surface area contributed by atoms with Crippen LogP contribution in [-0.2, 0) is 0 Å². The molecule has 4 atom stereocenters. The fraction of sp³-hybridized carbons (Fsp3) is 0.867. The van der Waals surface area contributed by atoms with E-state index in [1.165, 1.54) is 32.1 Å². The van der Waals surface area contributed by atoms with Gasteiger partial charge in [0.15, 0.2) is 0 Å². The van der Waals surface area contributed by atoms with Crippen LogP contribution in [0.3, 0.4) is 0 Å². The van der Waals surface area contributed by atoms with Crippen molar-refractivity contribution in [2.75, 3.05) is 0 Å². The van der Waals surface area contributed by atoms with Gasteiger partial charge in [0.05, 0.1) is 0 Å². The first kappa shape index (κ1) is 9.93. The van der Waals surface area contributed by atoms with Gasteiger partial charge in [-0.05, 0) is 61.2 Å². The van der Waals surface area contributed by atoms with Crippen molar-refractivity contribution < 1.29 is 0 Å². The molecule has 3 rings (SSSR count). The zero-order valence-electron chi connectivity index (χ0n) is 10.4. The van der Waals surface area contributed by atoms with Gasteiger partial charge in [-0.3, -0.25) is 0 Å². The van der Waals surface area contributed by atoms with Crippen LogP contribution in [0.1, 0.15) is 52.9 Å². The van der Waals surface area contributed by atoms with Gasteiger partial charge >= 0.3 is 0 Å². The van der Waals surface area contributed by atoms with E-state index in [1.807, 2.05) is 0 Å². The van der Waals surface area contributed by atoms with Crippen molar-refractivity contribution in [3.05, 3.63) is 12.2 Å². The second kappa shape index (κ2) is 2.90. The maximum absolute atomic E-state index is 2.53. The van der Waals surface area contributed by atoms with Crippen molar-refractivity contribution in [2.45, 2.75) is 52.9 Å². The Kier molecular flexibility index (Phi) is 1.92. The van der Waals surface area contributed by atoms with Crippen LogP contribution in [0.5, 0.6) is 0 Å². The average Bonchev–Trinajstić information content (AvgIpc) is 3.03. The quantitative estimate of drug-likeness (QED) is 0.595. The Labute approximate surface area is 94.1 Å². The van der Waals surface area contributed by atoms with Gasteiger partial charge in [-0.2, -0.15) is 0 Å². The van der Waals surface area contributed by atoms with Crippen molar-refractivity contribution in [1.29, 1.82) is 0 Å². The van der Waals surface area contributed by atoms with Gasteiger partial charge in [0.25, 0.3) is 0 Å². The fourth-order valence-corrected chi connectivity index (χ4v) is 5.10. The van der Waals surface area contributed by atoms with Crippen LogP contribution < -0.4 is 0 Å². The summed E-state index contributed by atoms with van der Waals surface area (Å²) in [5.74, 6) is 3.17. The molecule has 15 heavy (non-hydrogen) atoms. The van der Waals surface area contributed by atoms with E-state index in [9.17, 15) is 0 Å². The van der Waals surface area contributed by atoms with Gasteiger partial charge in [0.2, 0.25) is 0 Å². The molecule has 0 saturated heterocycles. The summed E-state index contributed by atoms with van der Waals surface area (Å²) in [6.07, 6.45) is 12.3. The molecule has 0 heteroatoms. The van der Waals surface area contributed by atoms with E-state index in [2.05, 4.69) is 32.9 Å². The lowest BCUT2D eigenvalue weighted by Gasteiger charge is -2.47. The first-order chi connectivity index (χ1) is 7.21. The van der Waals surface area contributed by atoms with Gasteiger partial charge < -0.3 is 0 Å². The van der Waals surface area contributed by atoms with Crippen LogP contribution in [0.4, 0.5) is 0 Å². The largest absolute Gasteiger partial charge is 0.0911 e. The van der Waals surface area contributed by atoms with Crippen molar-refractivity contribution in [1.82, 2.24) is 0 Å². The summed E-state index contributed by atoms with van der Waals surface area (Å²) in [6.45, 7) is 7.05. The average molecular weight is 204 g/mol. The Morgan fingerprint density at radius 1 is 1.33 bits per heavy atom. The fourth-order valence-electron chi connectivity index (χ4n) is 5.10. The molecule has 0 amide bonds. The summed E-state index contributed by atoms with van der Waals surface area (Å²) in [7, 11) is 0. The molecular weight excluding hydrogens is 180 g/mol. The van der Waals surface area contributed by atoms with Gasteiger partial charge in [0, 0.05) is 0 Å². The highest BCUT2D eigenvalue weighted by Crippen LogP contribution is 2.85. The maximum Gasteiger partial charge on any atom is -0.00476 e. The number of hydrogen-bond acceptors (Lipinski definition) is 0. The van der Waals surface area contributed by atoms with Crippen molar-refractivity contribution in [3.8, 4) is 0 Å². The van der Waals surface area contributed by atoms with Crippen LogP contribution in [0.15, 0.2) is 12.2 Å². The zero-order chi connectivity index (χ0) is 10.7. The summed E-state index contributed by atoms with van der Waals surface area (Å²) in [4.78, 5) is 0. The monoisotopic (exact) mass is 204 g/mol. The van der Waals surface area contributed by atoms with Crippen LogP contribution >= 0.6 is 0 Å². The third kappa shape index (κ3) is 1.04. The van der Waals surface area contributed by atoms with Gasteiger partial charge in [0.1, 0.15) is 0 Å². The molecule has 0 bridgehead atoms. The molecule has 4 unspecified atom stereocenters. The summed E-state index contributed by atoms with van der Waals surface area (Å²) in [5, 5.41) is 0. The Morgan fingerprint density at radius 2 is 2.07 bits per heavy atom. The van der Waals surface area contributed by atoms with Crippen LogP contribution in [0.25, 0.3) is 0 Å². The molecule has 3 saturated carbocycles. The van der Waals surface area contributed by atoms with E-state index in [0.717, 1.165) is 23.2 Å². The number of allylic oxidation sites excluding steroid dienone is 2. The second-order valence-corrected chi connectivity index (χ2v) is 6.31. The minimum atomic E-state index is 0.673. The molecule has 3 fully saturated rings. The van der Waals surface area contributed by atoms with E-state index in [0.29, 0.717) is 5.41 Å². The normalized spacial score (nSPS) is 52.7. The van der Waals surface area contributed by atoms with E-state index in [4.69, 9.17) is 0 Å². The van der Waals surface area contributed by atoms with E-state index in [-0.39, 0.29) is 0 Å². The van der Waals surface area contributed by atoms with Crippen LogP contribution in [-0.4, -0.2) is 0 Å². The summed E-state index contributed by atoms with van der Waals surface area (Å²) in [6, 6.07) is 0. The highest BCUT2D eigenvalue weighted by molar-refractivity contribution is 5.34. The third-order valence-corrected chi connectivity index (χ3v) is 5.66. The molecule has 3 aliphatic rings. The standard InChI is InChI=1S/C15H24/c1-4-8-14-10-15(9-5-2,12-6-7-12)13(14)11(14)3/h4,8,11-13H,5-7,9-10H2,1-3H3. The predicted molar refractivity (Wildman–Crippen MR) is 64.6 cm³/mol. The van der Waals surface area contributed by atoms with Gasteiger partial charge in [-0.1, -0.05) is 32.4 Å². The van der Waals surface area contributed by atoms with E-state index < -0.39 is 0 Å². The molecule has 0 nitrogen and oxygen atoms in total. The molecule has 0 aromatic carbocycles. The Hall–Kier alpha value is -0.260. The predicted octanol–water partition coefficient (Wildman–Crippen LogP) is 4.42. The molecule has 0 aromatic rings. The summed E-state index contributed by atoms with van der Waals surface area (Å²) < 4.78 is 0. The lowest BCUT2D eigenvalue weighted by Crippen LogP contribution is -2.40. The maximum atomic E-state index is 2.53. The molecule has 0 radical (unpaired) electrons. The topological polar surface area (TPSA) is 0 Å². The second-order valence-electron chi connectivity index (χ2n) is 6.31. The van der Waals surface area contributed by atoms with E-state index in [1.54, 1.807) is 0 Å². The SMILES string of the molecule is CC=CC12CC(CCC)(C3CC3)C1C2C. The molecule has 0 aliphatic heterocycles. The number of rotatable bonds is 4. The number of hydrogen-bond donors (Lipinski definition) is 0. The highest BCUT2D eigenvalue weighted by atomic mass is 14.8. The van der Waals surface area contributed by atoms with Crippen molar-refractivity contribution in [2.24, 2.45) is 28.6 Å². The van der Waals surface area contributed by atoms with E-state index >= 15 is 0 Å². The molecule has 0 N–H and O–H groups in total. The molecular formula is C15H24. The summed E-state index contributed by atoms with van der Waals surface area (Å²) >= 11 is 0. The smallest absolute Gasteiger partial charge is 0.00476 e. The van der Waals surface area contributed by atoms with Gasteiger partial charge in [-0.25, -0.2) is 0 Å². The molecule has 0 heterocycles. The Bertz CT molecular complexity index is 299. The summed E-state index contributed by atoms with van der Waals surface area (Å²) in [5.41, 5.74) is 1.47. The van der Waals surface area contributed by atoms with Crippen molar-refractivity contribution in [3.63, 3.8) is 0 Å². The Morgan fingerprint density at radius 3 is 2.53 bits per heavy atom. The Balaban J connectivity index is 1.80. The molecule has 0 aromatic heterocycles. The first-order valence-electron chi connectivity index (χ1n) is 6.85. The lowest BCUT2D eigenvalue weighted by atomic mass is 9.57. The van der Waals surface area contributed by atoms with Crippen LogP contribution in [0.2, 0.25) is 0 Å². The minimum Gasteiger partial charge on any atom is -0.0911 e. The minimum absolute atomic E-state index is 0.673. The molecule has 0 spiro atoms. The molecule has 3 aliphatic carbocycles. The first-order valence-corrected chi connectivity index (χ1v) is 6.85. The van der Waals surface area contributed by atoms with Gasteiger partial charge in [-0.15, -0.1) is 0 Å².